The second-order valence-electron chi connectivity index (χ2n) is 4.86. The molecule has 0 spiro atoms. The Kier molecular flexibility index (Phi) is 7.53. The van der Waals surface area contributed by atoms with Crippen molar-refractivity contribution in [3.63, 3.8) is 0 Å². The molecule has 0 radical (unpaired) electrons. The smallest absolute Gasteiger partial charge is 0.355 e. The van der Waals surface area contributed by atoms with Gasteiger partial charge in [-0.15, -0.1) is 0 Å². The van der Waals surface area contributed by atoms with Crippen LogP contribution in [0.25, 0.3) is 0 Å². The number of benzene rings is 1. The second kappa shape index (κ2) is 9.40. The molecule has 0 bridgehead atoms. The molecule has 0 amide bonds. The molecule has 1 aromatic carbocycles. The van der Waals surface area contributed by atoms with Crippen LogP contribution >= 0.6 is 0 Å². The maximum absolute atomic E-state index is 11.9. The number of para-hydroxylation sites is 1. The molecule has 0 aromatic heterocycles. The topological polar surface area (TPSA) is 78.9 Å². The molecule has 0 saturated heterocycles. The monoisotopic (exact) mass is 320 g/mol. The fourth-order valence-corrected chi connectivity index (χ4v) is 1.58. The molecule has 0 N–H and O–H groups in total. The quantitative estimate of drug-likeness (QED) is 0.416. The molecule has 1 rings (SSSR count). The Morgan fingerprint density at radius 3 is 2.39 bits per heavy atom. The zero-order chi connectivity index (χ0) is 17.2. The first kappa shape index (κ1) is 18.4. The standard InChI is InChI=1S/C17H20O6/c1-4-8-14(22-16(19)12(2)3)17(20)23-15(18)11-21-13-9-6-5-7-10-13/h5-7,9-10,14H,2,4,8,11H2,1,3H3. The number of hydrogen-bond donors (Lipinski definition) is 0. The lowest BCUT2D eigenvalue weighted by Gasteiger charge is -2.15. The summed E-state index contributed by atoms with van der Waals surface area (Å²) in [5, 5.41) is 0. The Morgan fingerprint density at radius 2 is 1.83 bits per heavy atom. The molecule has 1 unspecified atom stereocenters. The lowest BCUT2D eigenvalue weighted by atomic mass is 10.2. The van der Waals surface area contributed by atoms with E-state index < -0.39 is 30.6 Å². The van der Waals surface area contributed by atoms with E-state index in [9.17, 15) is 14.4 Å². The average molecular weight is 320 g/mol. The number of rotatable bonds is 8. The van der Waals surface area contributed by atoms with Crippen LogP contribution in [-0.4, -0.2) is 30.6 Å². The molecule has 1 aromatic rings. The minimum Gasteiger partial charge on any atom is -0.482 e. The Hall–Kier alpha value is -2.63. The first-order valence-corrected chi connectivity index (χ1v) is 7.23. The Morgan fingerprint density at radius 1 is 1.17 bits per heavy atom. The van der Waals surface area contributed by atoms with E-state index in [1.54, 1.807) is 30.3 Å². The minimum absolute atomic E-state index is 0.164. The van der Waals surface area contributed by atoms with Crippen molar-refractivity contribution in [3.8, 4) is 5.75 Å². The predicted molar refractivity (Wildman–Crippen MR) is 82.6 cm³/mol. The van der Waals surface area contributed by atoms with Gasteiger partial charge in [-0.1, -0.05) is 38.1 Å². The summed E-state index contributed by atoms with van der Waals surface area (Å²) >= 11 is 0. The van der Waals surface area contributed by atoms with E-state index in [4.69, 9.17) is 9.47 Å². The molecule has 0 heterocycles. The largest absolute Gasteiger partial charge is 0.482 e. The Bertz CT molecular complexity index is 564. The molecule has 0 aliphatic rings. The van der Waals surface area contributed by atoms with Crippen LogP contribution in [0.3, 0.4) is 0 Å². The van der Waals surface area contributed by atoms with Crippen molar-refractivity contribution in [1.29, 1.82) is 0 Å². The summed E-state index contributed by atoms with van der Waals surface area (Å²) in [6.07, 6.45) is -0.298. The molecule has 0 aliphatic carbocycles. The maximum Gasteiger partial charge on any atom is 0.355 e. The van der Waals surface area contributed by atoms with E-state index in [1.807, 2.05) is 6.92 Å². The third-order valence-corrected chi connectivity index (χ3v) is 2.73. The summed E-state index contributed by atoms with van der Waals surface area (Å²) in [6, 6.07) is 8.65. The van der Waals surface area contributed by atoms with E-state index in [0.717, 1.165) is 0 Å². The summed E-state index contributed by atoms with van der Waals surface area (Å²) in [5.41, 5.74) is 0.164. The number of hydrogen-bond acceptors (Lipinski definition) is 6. The van der Waals surface area contributed by atoms with Gasteiger partial charge in [0.15, 0.2) is 12.7 Å². The fraction of sp³-hybridized carbons (Fsp3) is 0.353. The molecule has 6 heteroatoms. The molecule has 6 nitrogen and oxygen atoms in total. The first-order valence-electron chi connectivity index (χ1n) is 7.23. The van der Waals surface area contributed by atoms with Crippen molar-refractivity contribution < 1.29 is 28.6 Å². The van der Waals surface area contributed by atoms with Crippen LogP contribution < -0.4 is 4.74 Å². The highest BCUT2D eigenvalue weighted by Crippen LogP contribution is 2.10. The van der Waals surface area contributed by atoms with Crippen LogP contribution in [0.4, 0.5) is 0 Å². The van der Waals surface area contributed by atoms with Crippen LogP contribution in [0.2, 0.25) is 0 Å². The molecule has 1 atom stereocenters. The van der Waals surface area contributed by atoms with Crippen molar-refractivity contribution in [3.05, 3.63) is 42.5 Å². The molecule has 124 valence electrons. The summed E-state index contributed by atoms with van der Waals surface area (Å²) in [5.74, 6) is -1.99. The minimum atomic E-state index is -1.13. The first-order chi connectivity index (χ1) is 10.9. The van der Waals surface area contributed by atoms with Gasteiger partial charge in [-0.3, -0.25) is 0 Å². The predicted octanol–water partition coefficient (Wildman–Crippen LogP) is 2.42. The van der Waals surface area contributed by atoms with Crippen molar-refractivity contribution in [1.82, 2.24) is 0 Å². The Labute approximate surface area is 135 Å². The summed E-state index contributed by atoms with van der Waals surface area (Å²) in [4.78, 5) is 35.0. The third kappa shape index (κ3) is 6.78. The average Bonchev–Trinajstić information content (AvgIpc) is 2.53. The van der Waals surface area contributed by atoms with E-state index in [1.165, 1.54) is 6.92 Å². The van der Waals surface area contributed by atoms with Crippen LogP contribution in [0.15, 0.2) is 42.5 Å². The van der Waals surface area contributed by atoms with Gasteiger partial charge >= 0.3 is 17.9 Å². The van der Waals surface area contributed by atoms with Gasteiger partial charge in [-0.25, -0.2) is 14.4 Å². The third-order valence-electron chi connectivity index (χ3n) is 2.73. The summed E-state index contributed by atoms with van der Waals surface area (Å²) in [6.45, 7) is 6.31. The van der Waals surface area contributed by atoms with E-state index in [-0.39, 0.29) is 12.0 Å². The molecule has 23 heavy (non-hydrogen) atoms. The van der Waals surface area contributed by atoms with Crippen molar-refractivity contribution in [2.24, 2.45) is 0 Å². The van der Waals surface area contributed by atoms with Crippen LogP contribution in [0.1, 0.15) is 26.7 Å². The number of esters is 3. The van der Waals surface area contributed by atoms with E-state index in [0.29, 0.717) is 12.2 Å². The molecule has 0 saturated carbocycles. The van der Waals surface area contributed by atoms with Gasteiger partial charge < -0.3 is 14.2 Å². The van der Waals surface area contributed by atoms with Gasteiger partial charge in [0.25, 0.3) is 0 Å². The maximum atomic E-state index is 11.9. The number of carbonyl (C=O) groups excluding carboxylic acids is 3. The Balaban J connectivity index is 2.51. The van der Waals surface area contributed by atoms with Gasteiger partial charge in [0.05, 0.1) is 0 Å². The van der Waals surface area contributed by atoms with Gasteiger partial charge in [-0.2, -0.15) is 0 Å². The van der Waals surface area contributed by atoms with Crippen molar-refractivity contribution in [2.75, 3.05) is 6.61 Å². The highest BCUT2D eigenvalue weighted by molar-refractivity contribution is 5.92. The molecule has 0 fully saturated rings. The normalized spacial score (nSPS) is 11.2. The SMILES string of the molecule is C=C(C)C(=O)OC(CCC)C(=O)OC(=O)COc1ccccc1. The van der Waals surface area contributed by atoms with Crippen LogP contribution in [-0.2, 0) is 23.9 Å². The van der Waals surface area contributed by atoms with Gasteiger partial charge in [-0.05, 0) is 25.5 Å². The zero-order valence-corrected chi connectivity index (χ0v) is 13.2. The molecule has 0 aliphatic heterocycles. The van der Waals surface area contributed by atoms with Gasteiger partial charge in [0, 0.05) is 5.57 Å². The van der Waals surface area contributed by atoms with E-state index in [2.05, 4.69) is 11.3 Å². The summed E-state index contributed by atoms with van der Waals surface area (Å²) in [7, 11) is 0. The van der Waals surface area contributed by atoms with Gasteiger partial charge in [0.2, 0.25) is 0 Å². The highest BCUT2D eigenvalue weighted by Gasteiger charge is 2.26. The van der Waals surface area contributed by atoms with E-state index >= 15 is 0 Å². The lowest BCUT2D eigenvalue weighted by Crippen LogP contribution is -2.32. The zero-order valence-electron chi connectivity index (χ0n) is 13.2. The van der Waals surface area contributed by atoms with Crippen molar-refractivity contribution >= 4 is 17.9 Å². The highest BCUT2D eigenvalue weighted by atomic mass is 16.6. The lowest BCUT2D eigenvalue weighted by molar-refractivity contribution is -0.173. The van der Waals surface area contributed by atoms with Crippen LogP contribution in [0.5, 0.6) is 5.75 Å². The number of carbonyl (C=O) groups is 3. The van der Waals surface area contributed by atoms with Crippen LogP contribution in [0, 0.1) is 0 Å². The molecular weight excluding hydrogens is 300 g/mol. The van der Waals surface area contributed by atoms with Crippen molar-refractivity contribution in [2.45, 2.75) is 32.8 Å². The second-order valence-corrected chi connectivity index (χ2v) is 4.86. The fourth-order valence-electron chi connectivity index (χ4n) is 1.58. The summed E-state index contributed by atoms with van der Waals surface area (Å²) < 4.78 is 14.8. The number of ether oxygens (including phenoxy) is 3. The molecular formula is C17H20O6. The van der Waals surface area contributed by atoms with Gasteiger partial charge in [0.1, 0.15) is 5.75 Å².